The SMILES string of the molecule is COC(=O)c1cc2c(C#N)c(F)ccc2[nH]1. The van der Waals surface area contributed by atoms with E-state index in [0.29, 0.717) is 10.9 Å². The van der Waals surface area contributed by atoms with E-state index in [1.807, 2.05) is 0 Å². The van der Waals surface area contributed by atoms with Crippen LogP contribution in [0.1, 0.15) is 16.1 Å². The van der Waals surface area contributed by atoms with E-state index >= 15 is 0 Å². The molecular formula is C11H7FN2O2. The van der Waals surface area contributed by atoms with Gasteiger partial charge in [-0.05, 0) is 18.2 Å². The molecule has 80 valence electrons. The Labute approximate surface area is 90.3 Å². The van der Waals surface area contributed by atoms with Crippen molar-refractivity contribution >= 4 is 16.9 Å². The van der Waals surface area contributed by atoms with Gasteiger partial charge in [-0.1, -0.05) is 0 Å². The molecule has 1 aromatic carbocycles. The number of methoxy groups -OCH3 is 1. The molecule has 0 bridgehead atoms. The summed E-state index contributed by atoms with van der Waals surface area (Å²) in [6.45, 7) is 0. The Morgan fingerprint density at radius 3 is 2.94 bits per heavy atom. The average molecular weight is 218 g/mol. The zero-order valence-corrected chi connectivity index (χ0v) is 8.37. The monoisotopic (exact) mass is 218 g/mol. The minimum absolute atomic E-state index is 0.0797. The lowest BCUT2D eigenvalue weighted by molar-refractivity contribution is 0.0595. The van der Waals surface area contributed by atoms with Crippen LogP contribution >= 0.6 is 0 Å². The van der Waals surface area contributed by atoms with Crippen LogP contribution in [0.4, 0.5) is 4.39 Å². The third-order valence-electron chi connectivity index (χ3n) is 2.27. The molecule has 0 saturated carbocycles. The number of halogens is 1. The van der Waals surface area contributed by atoms with Gasteiger partial charge in [0.15, 0.2) is 0 Å². The number of hydrogen-bond donors (Lipinski definition) is 1. The van der Waals surface area contributed by atoms with Crippen LogP contribution in [0.5, 0.6) is 0 Å². The molecule has 0 atom stereocenters. The normalized spacial score (nSPS) is 10.1. The number of aromatic amines is 1. The molecule has 0 aliphatic heterocycles. The van der Waals surface area contributed by atoms with Crippen LogP contribution in [0.15, 0.2) is 18.2 Å². The molecule has 0 unspecified atom stereocenters. The van der Waals surface area contributed by atoms with Gasteiger partial charge >= 0.3 is 5.97 Å². The Hall–Kier alpha value is -2.35. The van der Waals surface area contributed by atoms with E-state index in [2.05, 4.69) is 9.72 Å². The van der Waals surface area contributed by atoms with Crippen LogP contribution in [-0.2, 0) is 4.74 Å². The largest absolute Gasteiger partial charge is 0.464 e. The van der Waals surface area contributed by atoms with Crippen molar-refractivity contribution in [2.24, 2.45) is 0 Å². The number of ether oxygens (including phenoxy) is 1. The molecule has 0 aliphatic carbocycles. The molecule has 1 heterocycles. The molecule has 0 fully saturated rings. The van der Waals surface area contributed by atoms with Crippen molar-refractivity contribution < 1.29 is 13.9 Å². The number of benzene rings is 1. The maximum atomic E-state index is 13.3. The maximum Gasteiger partial charge on any atom is 0.354 e. The second kappa shape index (κ2) is 3.66. The number of nitriles is 1. The zero-order chi connectivity index (χ0) is 11.7. The van der Waals surface area contributed by atoms with E-state index in [0.717, 1.165) is 0 Å². The van der Waals surface area contributed by atoms with Gasteiger partial charge in [0.2, 0.25) is 0 Å². The van der Waals surface area contributed by atoms with Gasteiger partial charge in [-0.25, -0.2) is 9.18 Å². The van der Waals surface area contributed by atoms with Crippen molar-refractivity contribution in [2.75, 3.05) is 7.11 Å². The third kappa shape index (κ3) is 1.41. The van der Waals surface area contributed by atoms with E-state index in [4.69, 9.17) is 5.26 Å². The fourth-order valence-electron chi connectivity index (χ4n) is 1.51. The molecular weight excluding hydrogens is 211 g/mol. The lowest BCUT2D eigenvalue weighted by Crippen LogP contribution is -2.00. The van der Waals surface area contributed by atoms with Crippen molar-refractivity contribution in [3.05, 3.63) is 35.3 Å². The third-order valence-corrected chi connectivity index (χ3v) is 2.27. The summed E-state index contributed by atoms with van der Waals surface area (Å²) in [5.41, 5.74) is 0.641. The topological polar surface area (TPSA) is 65.9 Å². The van der Waals surface area contributed by atoms with Gasteiger partial charge in [0.05, 0.1) is 12.7 Å². The van der Waals surface area contributed by atoms with Gasteiger partial charge in [-0.2, -0.15) is 5.26 Å². The molecule has 5 heteroatoms. The van der Waals surface area contributed by atoms with Gasteiger partial charge in [-0.15, -0.1) is 0 Å². The second-order valence-corrected chi connectivity index (χ2v) is 3.17. The molecule has 1 aromatic heterocycles. The molecule has 16 heavy (non-hydrogen) atoms. The second-order valence-electron chi connectivity index (χ2n) is 3.17. The Bertz CT molecular complexity index is 610. The number of aromatic nitrogens is 1. The summed E-state index contributed by atoms with van der Waals surface area (Å²) >= 11 is 0. The minimum atomic E-state index is -0.606. The number of hydrogen-bond acceptors (Lipinski definition) is 3. The summed E-state index contributed by atoms with van der Waals surface area (Å²) in [4.78, 5) is 14.0. The van der Waals surface area contributed by atoms with E-state index in [9.17, 15) is 9.18 Å². The number of rotatable bonds is 1. The van der Waals surface area contributed by atoms with Crippen LogP contribution in [0.25, 0.3) is 10.9 Å². The smallest absolute Gasteiger partial charge is 0.354 e. The number of nitrogens with zero attached hydrogens (tertiary/aromatic N) is 1. The highest BCUT2D eigenvalue weighted by Crippen LogP contribution is 2.22. The van der Waals surface area contributed by atoms with Crippen molar-refractivity contribution in [1.29, 1.82) is 5.26 Å². The van der Waals surface area contributed by atoms with Gasteiger partial charge in [-0.3, -0.25) is 0 Å². The van der Waals surface area contributed by atoms with Crippen LogP contribution in [0, 0.1) is 17.1 Å². The van der Waals surface area contributed by atoms with E-state index in [1.165, 1.54) is 25.3 Å². The van der Waals surface area contributed by atoms with Crippen LogP contribution in [0.2, 0.25) is 0 Å². The zero-order valence-electron chi connectivity index (χ0n) is 8.37. The Kier molecular flexibility index (Phi) is 2.33. The lowest BCUT2D eigenvalue weighted by atomic mass is 10.1. The summed E-state index contributed by atoms with van der Waals surface area (Å²) in [5.74, 6) is -1.16. The predicted octanol–water partition coefficient (Wildman–Crippen LogP) is 1.97. The first-order valence-corrected chi connectivity index (χ1v) is 4.47. The molecule has 0 amide bonds. The first-order valence-electron chi connectivity index (χ1n) is 4.47. The highest BCUT2D eigenvalue weighted by atomic mass is 19.1. The molecule has 4 nitrogen and oxygen atoms in total. The Morgan fingerprint density at radius 1 is 1.56 bits per heavy atom. The predicted molar refractivity (Wildman–Crippen MR) is 54.3 cm³/mol. The highest BCUT2D eigenvalue weighted by Gasteiger charge is 2.14. The first kappa shape index (κ1) is 10.2. The molecule has 2 rings (SSSR count). The number of carbonyl (C=O) groups is 1. The first-order chi connectivity index (χ1) is 7.67. The summed E-state index contributed by atoms with van der Waals surface area (Å²) in [6, 6.07) is 5.82. The molecule has 2 aromatic rings. The molecule has 0 radical (unpaired) electrons. The Morgan fingerprint density at radius 2 is 2.31 bits per heavy atom. The fourth-order valence-corrected chi connectivity index (χ4v) is 1.51. The summed E-state index contributed by atoms with van der Waals surface area (Å²) in [7, 11) is 1.25. The summed E-state index contributed by atoms with van der Waals surface area (Å²) in [6.07, 6.45) is 0. The minimum Gasteiger partial charge on any atom is -0.464 e. The lowest BCUT2D eigenvalue weighted by Gasteiger charge is -1.93. The van der Waals surface area contributed by atoms with E-state index < -0.39 is 11.8 Å². The number of carbonyl (C=O) groups excluding carboxylic acids is 1. The molecule has 0 saturated heterocycles. The highest BCUT2D eigenvalue weighted by molar-refractivity contribution is 5.96. The van der Waals surface area contributed by atoms with Crippen molar-refractivity contribution in [2.45, 2.75) is 0 Å². The fraction of sp³-hybridized carbons (Fsp3) is 0.0909. The molecule has 1 N–H and O–H groups in total. The van der Waals surface area contributed by atoms with Crippen LogP contribution < -0.4 is 0 Å². The molecule has 0 aliphatic rings. The van der Waals surface area contributed by atoms with E-state index in [-0.39, 0.29) is 11.3 Å². The van der Waals surface area contributed by atoms with Crippen LogP contribution in [-0.4, -0.2) is 18.1 Å². The van der Waals surface area contributed by atoms with Crippen LogP contribution in [0.3, 0.4) is 0 Å². The van der Waals surface area contributed by atoms with Gasteiger partial charge in [0, 0.05) is 10.9 Å². The summed E-state index contributed by atoms with van der Waals surface area (Å²) in [5, 5.41) is 9.18. The quantitative estimate of drug-likeness (QED) is 0.744. The van der Waals surface area contributed by atoms with Gasteiger partial charge < -0.3 is 9.72 Å². The Balaban J connectivity index is 2.72. The van der Waals surface area contributed by atoms with Gasteiger partial charge in [0.1, 0.15) is 17.6 Å². The van der Waals surface area contributed by atoms with Crippen molar-refractivity contribution in [1.82, 2.24) is 4.98 Å². The van der Waals surface area contributed by atoms with Gasteiger partial charge in [0.25, 0.3) is 0 Å². The van der Waals surface area contributed by atoms with Crippen molar-refractivity contribution in [3.63, 3.8) is 0 Å². The molecule has 0 spiro atoms. The number of nitrogens with one attached hydrogen (secondary N) is 1. The van der Waals surface area contributed by atoms with E-state index in [1.54, 1.807) is 6.07 Å². The standard InChI is InChI=1S/C11H7FN2O2/c1-16-11(15)10-4-6-7(5-13)8(12)2-3-9(6)14-10/h2-4,14H,1H3. The maximum absolute atomic E-state index is 13.3. The van der Waals surface area contributed by atoms with Crippen molar-refractivity contribution in [3.8, 4) is 6.07 Å². The number of H-pyrrole nitrogens is 1. The average Bonchev–Trinajstić information content (AvgIpc) is 2.71. The number of fused-ring (bicyclic) bond motifs is 1. The number of esters is 1. The summed E-state index contributed by atoms with van der Waals surface area (Å²) < 4.78 is 17.8.